The molecule has 0 saturated heterocycles. The first-order valence-corrected chi connectivity index (χ1v) is 6.98. The average molecular weight is 221 g/mol. The van der Waals surface area contributed by atoms with Crippen LogP contribution >= 0.6 is 33.0 Å². The van der Waals surface area contributed by atoms with Gasteiger partial charge < -0.3 is 0 Å². The standard InChI is InChI=1S/C2H8INOS/c1-3(2)5-4-6/h4,6H,1-2H3. The van der Waals surface area contributed by atoms with Crippen molar-refractivity contribution >= 4 is 33.0 Å². The van der Waals surface area contributed by atoms with Gasteiger partial charge in [-0.05, 0) is 0 Å². The molecule has 6 heavy (non-hydrogen) atoms. The van der Waals surface area contributed by atoms with Crippen molar-refractivity contribution in [3.63, 3.8) is 0 Å². The molecular weight excluding hydrogens is 213 g/mol. The van der Waals surface area contributed by atoms with Crippen LogP contribution in [0.5, 0.6) is 0 Å². The second kappa shape index (κ2) is 4.17. The number of thiol groups is 1. The van der Waals surface area contributed by atoms with Crippen LogP contribution in [0.1, 0.15) is 0 Å². The van der Waals surface area contributed by atoms with Crippen LogP contribution < -0.4 is 4.89 Å². The predicted molar refractivity (Wildman–Crippen MR) is 39.1 cm³/mol. The van der Waals surface area contributed by atoms with Gasteiger partial charge in [0.15, 0.2) is 0 Å². The number of alkyl halides is 2. The Morgan fingerprint density at radius 2 is 2.17 bits per heavy atom. The Kier molecular flexibility index (Phi) is 4.86. The quantitative estimate of drug-likeness (QED) is 0.314. The maximum absolute atomic E-state index is 4.81. The minimum absolute atomic E-state index is 0.995. The Morgan fingerprint density at radius 3 is 2.17 bits per heavy atom. The van der Waals surface area contributed by atoms with E-state index in [0.717, 1.165) is 0 Å². The van der Waals surface area contributed by atoms with Crippen LogP contribution in [0.15, 0.2) is 0 Å². The van der Waals surface area contributed by atoms with Gasteiger partial charge in [-0.3, -0.25) is 0 Å². The van der Waals surface area contributed by atoms with Crippen molar-refractivity contribution in [3.05, 3.63) is 0 Å². The van der Waals surface area contributed by atoms with Crippen molar-refractivity contribution in [3.8, 4) is 0 Å². The van der Waals surface area contributed by atoms with E-state index in [2.05, 4.69) is 27.6 Å². The fraction of sp³-hybridized carbons (Fsp3) is 1.00. The van der Waals surface area contributed by atoms with E-state index in [-0.39, 0.29) is 0 Å². The van der Waals surface area contributed by atoms with Crippen LogP contribution in [0.4, 0.5) is 0 Å². The molecule has 2 nitrogen and oxygen atoms in total. The van der Waals surface area contributed by atoms with Gasteiger partial charge in [-0.1, -0.05) is 0 Å². The summed E-state index contributed by atoms with van der Waals surface area (Å²) in [7, 11) is 0. The Balaban J connectivity index is 2.63. The molecule has 0 bridgehead atoms. The van der Waals surface area contributed by atoms with Crippen molar-refractivity contribution in [2.45, 2.75) is 0 Å². The van der Waals surface area contributed by atoms with Gasteiger partial charge in [0.25, 0.3) is 0 Å². The van der Waals surface area contributed by atoms with E-state index in [1.165, 1.54) is 0 Å². The Morgan fingerprint density at radius 1 is 1.67 bits per heavy atom. The molecule has 0 aliphatic heterocycles. The number of hydrogen-bond acceptors (Lipinski definition) is 3. The molecule has 0 heterocycles. The Bertz CT molecular complexity index is 34.7. The maximum atomic E-state index is 4.81. The van der Waals surface area contributed by atoms with Gasteiger partial charge >= 0.3 is 51.0 Å². The van der Waals surface area contributed by atoms with Crippen molar-refractivity contribution in [1.29, 1.82) is 0 Å². The SMILES string of the molecule is CI(C)ONS. The van der Waals surface area contributed by atoms with Crippen molar-refractivity contribution in [2.75, 3.05) is 9.86 Å². The summed E-state index contributed by atoms with van der Waals surface area (Å²) in [6, 6.07) is 0. The molecule has 1 N–H and O–H groups in total. The van der Waals surface area contributed by atoms with Crippen LogP contribution in [-0.4, -0.2) is 9.86 Å². The average Bonchev–Trinajstić information content (AvgIpc) is 1.35. The minimum atomic E-state index is -0.995. The van der Waals surface area contributed by atoms with Crippen LogP contribution in [-0.2, 0) is 3.17 Å². The van der Waals surface area contributed by atoms with Crippen molar-refractivity contribution in [1.82, 2.24) is 4.89 Å². The van der Waals surface area contributed by atoms with Gasteiger partial charge in [-0.15, -0.1) is 0 Å². The fourth-order valence-corrected chi connectivity index (χ4v) is 1.39. The molecule has 0 atom stereocenters. The van der Waals surface area contributed by atoms with E-state index in [4.69, 9.17) is 3.17 Å². The molecule has 40 valence electrons. The summed E-state index contributed by atoms with van der Waals surface area (Å²) in [6.45, 7) is 0. The fourth-order valence-electron chi connectivity index (χ4n) is 0.0690. The third-order valence-corrected chi connectivity index (χ3v) is 1.73. The molecule has 0 fully saturated rings. The zero-order valence-electron chi connectivity index (χ0n) is 3.73. The molecule has 0 spiro atoms. The molecule has 0 amide bonds. The monoisotopic (exact) mass is 221 g/mol. The number of hydrogen-bond donors (Lipinski definition) is 2. The number of halogens is 1. The zero-order chi connectivity index (χ0) is 4.99. The zero-order valence-corrected chi connectivity index (χ0v) is 6.79. The van der Waals surface area contributed by atoms with Crippen LogP contribution in [0.2, 0.25) is 0 Å². The Labute approximate surface area is 51.1 Å². The molecule has 0 aliphatic carbocycles. The number of nitrogens with one attached hydrogen (secondary N) is 1. The summed E-state index contributed by atoms with van der Waals surface area (Å²) in [6.07, 6.45) is 0. The van der Waals surface area contributed by atoms with E-state index >= 15 is 0 Å². The summed E-state index contributed by atoms with van der Waals surface area (Å²) in [5.41, 5.74) is 0. The van der Waals surface area contributed by atoms with Crippen LogP contribution in [0, 0.1) is 0 Å². The molecular formula is C2H8INOS. The molecule has 0 aromatic rings. The molecule has 0 unspecified atom stereocenters. The first kappa shape index (κ1) is 7.00. The number of rotatable bonds is 2. The summed E-state index contributed by atoms with van der Waals surface area (Å²) in [4.78, 5) is 6.48. The van der Waals surface area contributed by atoms with Crippen LogP contribution in [0.25, 0.3) is 0 Å². The van der Waals surface area contributed by atoms with E-state index in [0.29, 0.717) is 0 Å². The topological polar surface area (TPSA) is 21.3 Å². The molecule has 0 aromatic carbocycles. The predicted octanol–water partition coefficient (Wildman–Crippen LogP) is 1.03. The summed E-state index contributed by atoms with van der Waals surface area (Å²) < 4.78 is 4.81. The van der Waals surface area contributed by atoms with E-state index in [1.807, 2.05) is 0 Å². The van der Waals surface area contributed by atoms with Gasteiger partial charge in [-0.25, -0.2) is 0 Å². The van der Waals surface area contributed by atoms with E-state index < -0.39 is 20.2 Å². The van der Waals surface area contributed by atoms with Crippen molar-refractivity contribution in [2.24, 2.45) is 0 Å². The Hall–Kier alpha value is 1.000. The van der Waals surface area contributed by atoms with Gasteiger partial charge in [-0.2, -0.15) is 0 Å². The normalized spacial score (nSPS) is 11.5. The van der Waals surface area contributed by atoms with Gasteiger partial charge in [0.2, 0.25) is 0 Å². The van der Waals surface area contributed by atoms with E-state index in [1.54, 1.807) is 0 Å². The molecule has 0 rings (SSSR count). The van der Waals surface area contributed by atoms with Crippen molar-refractivity contribution < 1.29 is 3.17 Å². The van der Waals surface area contributed by atoms with Gasteiger partial charge in [0, 0.05) is 0 Å². The third-order valence-electron chi connectivity index (χ3n) is 0.189. The molecule has 0 saturated carbocycles. The first-order chi connectivity index (χ1) is 2.77. The van der Waals surface area contributed by atoms with Crippen LogP contribution in [0.3, 0.4) is 0 Å². The van der Waals surface area contributed by atoms with E-state index in [9.17, 15) is 0 Å². The summed E-state index contributed by atoms with van der Waals surface area (Å²) >= 11 is 2.63. The van der Waals surface area contributed by atoms with Gasteiger partial charge in [0.1, 0.15) is 0 Å². The molecule has 4 heteroatoms. The molecule has 0 aliphatic rings. The third kappa shape index (κ3) is 5.00. The second-order valence-corrected chi connectivity index (χ2v) is 5.40. The summed E-state index contributed by atoms with van der Waals surface area (Å²) in [5, 5.41) is 0. The molecule has 0 radical (unpaired) electrons. The summed E-state index contributed by atoms with van der Waals surface area (Å²) in [5.74, 6) is 0. The second-order valence-electron chi connectivity index (χ2n) is 0.855. The first-order valence-electron chi connectivity index (χ1n) is 1.34. The van der Waals surface area contributed by atoms with Gasteiger partial charge in [0.05, 0.1) is 0 Å². The molecule has 0 aromatic heterocycles.